The summed E-state index contributed by atoms with van der Waals surface area (Å²) in [6.45, 7) is 0.475. The Morgan fingerprint density at radius 2 is 2.17 bits per heavy atom. The number of rotatable bonds is 6. The Hall–Kier alpha value is -1.45. The van der Waals surface area contributed by atoms with Gasteiger partial charge in [0, 0.05) is 5.69 Å². The standard InChI is InChI=1S/C16H21ClN4O2.HI/c1-21(2)13(15-5-4-8-23-15)10-19-16(18)20-11-6-7-14(22-3)12(17)9-11;/h4-9,13H,10H2,1-3H3,(H3,18,19,20);1H. The number of aliphatic imine (C=N–C) groups is 1. The molecule has 6 nitrogen and oxygen atoms in total. The molecule has 0 aliphatic rings. The second-order valence-electron chi connectivity index (χ2n) is 5.20. The topological polar surface area (TPSA) is 76.0 Å². The fourth-order valence-corrected chi connectivity index (χ4v) is 2.36. The Kier molecular flexibility index (Phi) is 8.37. The van der Waals surface area contributed by atoms with Crippen LogP contribution in [0.25, 0.3) is 0 Å². The molecule has 0 spiro atoms. The van der Waals surface area contributed by atoms with Crippen molar-refractivity contribution in [2.75, 3.05) is 33.1 Å². The molecule has 0 fully saturated rings. The average molecular weight is 465 g/mol. The van der Waals surface area contributed by atoms with Crippen molar-refractivity contribution in [3.8, 4) is 5.75 Å². The van der Waals surface area contributed by atoms with Gasteiger partial charge in [-0.2, -0.15) is 0 Å². The van der Waals surface area contributed by atoms with Crippen LogP contribution in [0.4, 0.5) is 5.69 Å². The van der Waals surface area contributed by atoms with Crippen molar-refractivity contribution >= 4 is 47.2 Å². The number of hydrogen-bond acceptors (Lipinski definition) is 4. The third-order valence-electron chi connectivity index (χ3n) is 3.35. The van der Waals surface area contributed by atoms with Crippen LogP contribution in [0, 0.1) is 0 Å². The third-order valence-corrected chi connectivity index (χ3v) is 3.65. The van der Waals surface area contributed by atoms with Gasteiger partial charge in [-0.3, -0.25) is 9.89 Å². The first kappa shape index (κ1) is 20.6. The van der Waals surface area contributed by atoms with Crippen molar-refractivity contribution in [3.05, 3.63) is 47.4 Å². The number of anilines is 1. The Bertz CT molecular complexity index is 662. The van der Waals surface area contributed by atoms with Gasteiger partial charge < -0.3 is 20.2 Å². The van der Waals surface area contributed by atoms with Gasteiger partial charge in [-0.15, -0.1) is 24.0 Å². The van der Waals surface area contributed by atoms with E-state index in [4.69, 9.17) is 26.5 Å². The van der Waals surface area contributed by atoms with Gasteiger partial charge >= 0.3 is 0 Å². The maximum absolute atomic E-state index is 6.08. The Morgan fingerprint density at radius 1 is 1.42 bits per heavy atom. The normalized spacial score (nSPS) is 12.6. The summed E-state index contributed by atoms with van der Waals surface area (Å²) < 4.78 is 10.6. The van der Waals surface area contributed by atoms with E-state index in [9.17, 15) is 0 Å². The zero-order valence-corrected chi connectivity index (χ0v) is 16.9. The molecule has 3 N–H and O–H groups in total. The van der Waals surface area contributed by atoms with Gasteiger partial charge in [0.25, 0.3) is 0 Å². The van der Waals surface area contributed by atoms with Crippen LogP contribution in [0.3, 0.4) is 0 Å². The molecule has 2 aromatic rings. The van der Waals surface area contributed by atoms with Crippen LogP contribution in [-0.2, 0) is 0 Å². The molecule has 0 aliphatic carbocycles. The minimum absolute atomic E-state index is 0. The second kappa shape index (κ2) is 9.75. The molecule has 0 bridgehead atoms. The van der Waals surface area contributed by atoms with E-state index in [1.54, 1.807) is 25.5 Å². The number of methoxy groups -OCH3 is 1. The number of nitrogens with zero attached hydrogens (tertiary/aromatic N) is 2. The van der Waals surface area contributed by atoms with Gasteiger partial charge in [-0.1, -0.05) is 11.6 Å². The van der Waals surface area contributed by atoms with E-state index >= 15 is 0 Å². The first-order valence-corrected chi connectivity index (χ1v) is 7.49. The molecular weight excluding hydrogens is 443 g/mol. The molecular formula is C16H22ClIN4O2. The van der Waals surface area contributed by atoms with Crippen LogP contribution in [0.2, 0.25) is 5.02 Å². The quantitative estimate of drug-likeness (QED) is 0.388. The molecule has 1 heterocycles. The number of hydrogen-bond donors (Lipinski definition) is 2. The van der Waals surface area contributed by atoms with E-state index in [1.165, 1.54) is 0 Å². The van der Waals surface area contributed by atoms with Crippen LogP contribution in [-0.4, -0.2) is 38.6 Å². The number of nitrogens with one attached hydrogen (secondary N) is 1. The molecule has 1 atom stereocenters. The van der Waals surface area contributed by atoms with Gasteiger partial charge in [0.1, 0.15) is 11.5 Å². The highest BCUT2D eigenvalue weighted by Gasteiger charge is 2.16. The van der Waals surface area contributed by atoms with Crippen molar-refractivity contribution < 1.29 is 9.15 Å². The average Bonchev–Trinajstić information content (AvgIpc) is 3.01. The van der Waals surface area contributed by atoms with Crippen molar-refractivity contribution in [3.63, 3.8) is 0 Å². The predicted molar refractivity (Wildman–Crippen MR) is 109 cm³/mol. The van der Waals surface area contributed by atoms with Gasteiger partial charge in [0.15, 0.2) is 5.96 Å². The molecule has 0 aliphatic heterocycles. The number of guanidine groups is 1. The Morgan fingerprint density at radius 3 is 2.71 bits per heavy atom. The molecule has 1 aromatic carbocycles. The fourth-order valence-electron chi connectivity index (χ4n) is 2.10. The molecule has 1 aromatic heterocycles. The molecule has 0 saturated heterocycles. The highest BCUT2D eigenvalue weighted by molar-refractivity contribution is 14.0. The number of benzene rings is 1. The number of halogens is 2. The number of ether oxygens (including phenoxy) is 1. The summed E-state index contributed by atoms with van der Waals surface area (Å²) in [5.74, 6) is 1.77. The lowest BCUT2D eigenvalue weighted by Crippen LogP contribution is -2.27. The molecule has 24 heavy (non-hydrogen) atoms. The molecule has 0 radical (unpaired) electrons. The van der Waals surface area contributed by atoms with Crippen molar-refractivity contribution in [2.45, 2.75) is 6.04 Å². The molecule has 2 rings (SSSR count). The highest BCUT2D eigenvalue weighted by Crippen LogP contribution is 2.27. The lowest BCUT2D eigenvalue weighted by molar-refractivity contribution is 0.265. The summed E-state index contributed by atoms with van der Waals surface area (Å²) in [5, 5.41) is 3.52. The summed E-state index contributed by atoms with van der Waals surface area (Å²) in [6.07, 6.45) is 1.65. The highest BCUT2D eigenvalue weighted by atomic mass is 127. The van der Waals surface area contributed by atoms with Crippen molar-refractivity contribution in [2.24, 2.45) is 10.7 Å². The monoisotopic (exact) mass is 464 g/mol. The fraction of sp³-hybridized carbons (Fsp3) is 0.312. The molecule has 132 valence electrons. The Labute approximate surface area is 164 Å². The van der Waals surface area contributed by atoms with E-state index in [1.807, 2.05) is 37.2 Å². The predicted octanol–water partition coefficient (Wildman–Crippen LogP) is 3.59. The Balaban J connectivity index is 0.00000288. The van der Waals surface area contributed by atoms with E-state index in [0.717, 1.165) is 11.4 Å². The SMILES string of the molecule is COc1ccc(NC(N)=NCC(c2ccco2)N(C)C)cc1Cl.I. The van der Waals surface area contributed by atoms with E-state index in [0.29, 0.717) is 23.3 Å². The van der Waals surface area contributed by atoms with Crippen molar-refractivity contribution in [1.29, 1.82) is 0 Å². The third kappa shape index (κ3) is 5.57. The lowest BCUT2D eigenvalue weighted by atomic mass is 10.2. The van der Waals surface area contributed by atoms with Crippen LogP contribution >= 0.6 is 35.6 Å². The molecule has 0 amide bonds. The largest absolute Gasteiger partial charge is 0.495 e. The molecule has 8 heteroatoms. The minimum atomic E-state index is 0. The van der Waals surface area contributed by atoms with Gasteiger partial charge in [-0.25, -0.2) is 0 Å². The maximum Gasteiger partial charge on any atom is 0.193 e. The van der Waals surface area contributed by atoms with Crippen LogP contribution in [0.1, 0.15) is 11.8 Å². The summed E-state index contributed by atoms with van der Waals surface area (Å²) in [4.78, 5) is 6.40. The minimum Gasteiger partial charge on any atom is -0.495 e. The van der Waals surface area contributed by atoms with Crippen LogP contribution in [0.5, 0.6) is 5.75 Å². The van der Waals surface area contributed by atoms with Gasteiger partial charge in [0.2, 0.25) is 0 Å². The van der Waals surface area contributed by atoms with Crippen LogP contribution < -0.4 is 15.8 Å². The maximum atomic E-state index is 6.08. The summed E-state index contributed by atoms with van der Waals surface area (Å²) >= 11 is 6.08. The van der Waals surface area contributed by atoms with E-state index in [-0.39, 0.29) is 30.0 Å². The van der Waals surface area contributed by atoms with Crippen LogP contribution in [0.15, 0.2) is 46.0 Å². The number of nitrogens with two attached hydrogens (primary N) is 1. The first-order chi connectivity index (χ1) is 11.0. The second-order valence-corrected chi connectivity index (χ2v) is 5.60. The lowest BCUT2D eigenvalue weighted by Gasteiger charge is -2.20. The molecule has 1 unspecified atom stereocenters. The summed E-state index contributed by atoms with van der Waals surface area (Å²) in [5.41, 5.74) is 6.69. The zero-order chi connectivity index (χ0) is 16.8. The first-order valence-electron chi connectivity index (χ1n) is 7.11. The van der Waals surface area contributed by atoms with Crippen molar-refractivity contribution in [1.82, 2.24) is 4.90 Å². The molecule has 0 saturated carbocycles. The van der Waals surface area contributed by atoms with Gasteiger partial charge in [0.05, 0.1) is 31.0 Å². The zero-order valence-electron chi connectivity index (χ0n) is 13.8. The number of furan rings is 1. The van der Waals surface area contributed by atoms with E-state index < -0.39 is 0 Å². The summed E-state index contributed by atoms with van der Waals surface area (Å²) in [6, 6.07) is 9.12. The smallest absolute Gasteiger partial charge is 0.193 e. The summed E-state index contributed by atoms with van der Waals surface area (Å²) in [7, 11) is 5.51. The van der Waals surface area contributed by atoms with E-state index in [2.05, 4.69) is 10.3 Å². The number of likely N-dealkylation sites (N-methyl/N-ethyl adjacent to an activating group) is 1. The van der Waals surface area contributed by atoms with Gasteiger partial charge in [-0.05, 0) is 44.4 Å².